The molecule has 0 aliphatic carbocycles. The summed E-state index contributed by atoms with van der Waals surface area (Å²) in [5.41, 5.74) is 1.07. The third-order valence-corrected chi connectivity index (χ3v) is 2.85. The molecule has 0 amide bonds. The van der Waals surface area contributed by atoms with Crippen molar-refractivity contribution in [3.8, 4) is 5.75 Å². The highest BCUT2D eigenvalue weighted by molar-refractivity contribution is 6.08. The largest absolute Gasteiger partial charge is 0.504 e. The molecule has 0 saturated carbocycles. The van der Waals surface area contributed by atoms with E-state index in [4.69, 9.17) is 0 Å². The molecule has 2 rings (SSSR count). The molecule has 0 fully saturated rings. The average Bonchev–Trinajstić information content (AvgIpc) is 2.59. The lowest BCUT2D eigenvalue weighted by Crippen LogP contribution is -2.01. The van der Waals surface area contributed by atoms with Crippen molar-refractivity contribution in [3.63, 3.8) is 0 Å². The van der Waals surface area contributed by atoms with Gasteiger partial charge in [-0.15, -0.1) is 0 Å². The Hall–Kier alpha value is -2.68. The van der Waals surface area contributed by atoms with Gasteiger partial charge in [0.15, 0.2) is 11.5 Å². The Balaban J connectivity index is 2.38. The molecule has 0 aromatic heterocycles. The highest BCUT2D eigenvalue weighted by Crippen LogP contribution is 2.14. The molecule has 2 aromatic carbocycles. The quantitative estimate of drug-likeness (QED) is 0.686. The summed E-state index contributed by atoms with van der Waals surface area (Å²) in [4.78, 5) is 23.6. The van der Waals surface area contributed by atoms with Crippen molar-refractivity contribution in [2.45, 2.75) is 6.92 Å². The Morgan fingerprint density at radius 2 is 1.80 bits per heavy atom. The number of allylic oxidation sites excluding steroid dienone is 1. The second kappa shape index (κ2) is 5.97. The van der Waals surface area contributed by atoms with Crippen molar-refractivity contribution in [2.75, 3.05) is 0 Å². The number of benzene rings is 1. The fraction of sp³-hybridized carbons (Fsp3) is 0.0588. The molecule has 0 saturated heterocycles. The first-order valence-corrected chi connectivity index (χ1v) is 6.19. The zero-order valence-corrected chi connectivity index (χ0v) is 11.0. The maximum atomic E-state index is 12.1. The number of aromatic hydroxyl groups is 1. The van der Waals surface area contributed by atoms with Crippen LogP contribution in [-0.2, 0) is 0 Å². The van der Waals surface area contributed by atoms with Gasteiger partial charge < -0.3 is 5.11 Å². The summed E-state index contributed by atoms with van der Waals surface area (Å²) in [7, 11) is 0. The summed E-state index contributed by atoms with van der Waals surface area (Å²) < 4.78 is 0. The number of carbonyl (C=O) groups excluding carboxylic acids is 1. The summed E-state index contributed by atoms with van der Waals surface area (Å²) >= 11 is 0. The Morgan fingerprint density at radius 3 is 2.50 bits per heavy atom. The van der Waals surface area contributed by atoms with E-state index in [0.717, 1.165) is 11.1 Å². The van der Waals surface area contributed by atoms with E-state index < -0.39 is 17.0 Å². The Bertz CT molecular complexity index is 716. The van der Waals surface area contributed by atoms with E-state index >= 15 is 0 Å². The van der Waals surface area contributed by atoms with E-state index in [2.05, 4.69) is 0 Å². The number of ketones is 1. The third kappa shape index (κ3) is 3.20. The Morgan fingerprint density at radius 1 is 1.10 bits per heavy atom. The smallest absolute Gasteiger partial charge is 0.220 e. The summed E-state index contributed by atoms with van der Waals surface area (Å²) in [5.74, 6) is -0.913. The summed E-state index contributed by atoms with van der Waals surface area (Å²) in [6.07, 6.45) is 3.00. The van der Waals surface area contributed by atoms with Crippen LogP contribution in [0.3, 0.4) is 0 Å². The second-order valence-electron chi connectivity index (χ2n) is 4.46. The molecule has 3 nitrogen and oxygen atoms in total. The number of aryl methyl sites for hydroxylation is 1. The van der Waals surface area contributed by atoms with E-state index in [1.54, 1.807) is 19.1 Å². The van der Waals surface area contributed by atoms with Crippen LogP contribution < -0.4 is 5.43 Å². The molecule has 0 heterocycles. The number of carbonyl (C=O) groups is 1. The molecule has 100 valence electrons. The molecule has 0 aliphatic rings. The van der Waals surface area contributed by atoms with Gasteiger partial charge in [-0.25, -0.2) is 0 Å². The molecule has 0 unspecified atom stereocenters. The van der Waals surface area contributed by atoms with Gasteiger partial charge in [0.2, 0.25) is 5.43 Å². The predicted octanol–water partition coefficient (Wildman–Crippen LogP) is 2.96. The first-order valence-electron chi connectivity index (χ1n) is 6.19. The molecule has 1 N–H and O–H groups in total. The van der Waals surface area contributed by atoms with E-state index in [1.807, 2.05) is 30.3 Å². The van der Waals surface area contributed by atoms with E-state index in [0.29, 0.717) is 0 Å². The second-order valence-corrected chi connectivity index (χ2v) is 4.46. The summed E-state index contributed by atoms with van der Waals surface area (Å²) in [6, 6.07) is 13.7. The molecule has 2 aromatic rings. The highest BCUT2D eigenvalue weighted by atomic mass is 16.3. The minimum atomic E-state index is -0.561. The average molecular weight is 266 g/mol. The lowest BCUT2D eigenvalue weighted by atomic mass is 10.1. The van der Waals surface area contributed by atoms with Crippen molar-refractivity contribution in [1.82, 2.24) is 0 Å². The standard InChI is InChI=1S/C17H14O3/c1-12-7-9-16(19)17(20)14(11-12)15(18)10-8-13-5-3-2-4-6-13/h2-11H,1H3,(H,19,20)/b10-8+. The molecular weight excluding hydrogens is 252 g/mol. The Labute approximate surface area is 116 Å². The molecule has 20 heavy (non-hydrogen) atoms. The number of hydrogen-bond acceptors (Lipinski definition) is 3. The van der Waals surface area contributed by atoms with Crippen LogP contribution in [0, 0.1) is 6.92 Å². The van der Waals surface area contributed by atoms with E-state index in [1.165, 1.54) is 18.2 Å². The van der Waals surface area contributed by atoms with Crippen LogP contribution in [0.5, 0.6) is 5.75 Å². The molecule has 3 heteroatoms. The van der Waals surface area contributed by atoms with Gasteiger partial charge in [0.1, 0.15) is 0 Å². The fourth-order valence-electron chi connectivity index (χ4n) is 1.78. The molecule has 0 bridgehead atoms. The first-order chi connectivity index (χ1) is 9.58. The van der Waals surface area contributed by atoms with Gasteiger partial charge >= 0.3 is 0 Å². The van der Waals surface area contributed by atoms with Crippen molar-refractivity contribution >= 4 is 11.9 Å². The SMILES string of the molecule is Cc1ccc(=O)c(O)c(C(=O)/C=C/c2ccccc2)c1. The van der Waals surface area contributed by atoms with Crippen LogP contribution in [-0.4, -0.2) is 10.9 Å². The summed E-state index contributed by atoms with van der Waals surface area (Å²) in [6.45, 7) is 1.76. The zero-order chi connectivity index (χ0) is 14.5. The van der Waals surface area contributed by atoms with Crippen LogP contribution in [0.25, 0.3) is 6.08 Å². The van der Waals surface area contributed by atoms with Crippen LogP contribution in [0.4, 0.5) is 0 Å². The van der Waals surface area contributed by atoms with Crippen molar-refractivity contribution in [3.05, 3.63) is 81.5 Å². The maximum absolute atomic E-state index is 12.1. The van der Waals surface area contributed by atoms with Gasteiger partial charge in [-0.2, -0.15) is 0 Å². The van der Waals surface area contributed by atoms with Gasteiger partial charge in [-0.1, -0.05) is 48.0 Å². The molecule has 0 spiro atoms. The van der Waals surface area contributed by atoms with Gasteiger partial charge in [-0.3, -0.25) is 9.59 Å². The molecule has 0 radical (unpaired) electrons. The van der Waals surface area contributed by atoms with Crippen LogP contribution in [0.1, 0.15) is 21.5 Å². The van der Waals surface area contributed by atoms with Gasteiger partial charge in [0.05, 0.1) is 5.56 Å². The minimum Gasteiger partial charge on any atom is -0.504 e. The summed E-state index contributed by atoms with van der Waals surface area (Å²) in [5, 5.41) is 9.78. The van der Waals surface area contributed by atoms with Crippen molar-refractivity contribution < 1.29 is 9.90 Å². The van der Waals surface area contributed by atoms with Crippen LogP contribution in [0.15, 0.2) is 59.4 Å². The van der Waals surface area contributed by atoms with Crippen molar-refractivity contribution in [1.29, 1.82) is 0 Å². The van der Waals surface area contributed by atoms with Gasteiger partial charge in [0, 0.05) is 0 Å². The first kappa shape index (κ1) is 13.7. The molecule has 0 aliphatic heterocycles. The van der Waals surface area contributed by atoms with Gasteiger partial charge in [0.25, 0.3) is 0 Å². The lowest BCUT2D eigenvalue weighted by molar-refractivity contribution is 0.104. The molecular formula is C17H14O3. The van der Waals surface area contributed by atoms with E-state index in [-0.39, 0.29) is 5.56 Å². The minimum absolute atomic E-state index is 0.0182. The van der Waals surface area contributed by atoms with Crippen molar-refractivity contribution in [2.24, 2.45) is 0 Å². The number of rotatable bonds is 3. The Kier molecular flexibility index (Phi) is 4.11. The molecule has 0 atom stereocenters. The highest BCUT2D eigenvalue weighted by Gasteiger charge is 2.10. The topological polar surface area (TPSA) is 54.4 Å². The van der Waals surface area contributed by atoms with Gasteiger partial charge in [-0.05, 0) is 30.7 Å². The maximum Gasteiger partial charge on any atom is 0.220 e. The monoisotopic (exact) mass is 266 g/mol. The number of hydrogen-bond donors (Lipinski definition) is 1. The fourth-order valence-corrected chi connectivity index (χ4v) is 1.78. The van der Waals surface area contributed by atoms with Crippen LogP contribution in [0.2, 0.25) is 0 Å². The van der Waals surface area contributed by atoms with Crippen LogP contribution >= 0.6 is 0 Å². The zero-order valence-electron chi connectivity index (χ0n) is 11.0. The third-order valence-electron chi connectivity index (χ3n) is 2.85. The van der Waals surface area contributed by atoms with E-state index in [9.17, 15) is 14.7 Å². The predicted molar refractivity (Wildman–Crippen MR) is 78.9 cm³/mol. The lowest BCUT2D eigenvalue weighted by Gasteiger charge is -1.96. The normalized spacial score (nSPS) is 10.7.